The van der Waals surface area contributed by atoms with Gasteiger partial charge in [0.2, 0.25) is 5.96 Å². The van der Waals surface area contributed by atoms with E-state index in [4.69, 9.17) is 17.2 Å². The Balaban J connectivity index is 2.21. The van der Waals surface area contributed by atoms with Crippen LogP contribution in [0.5, 0.6) is 0 Å². The highest BCUT2D eigenvalue weighted by Crippen LogP contribution is 2.18. The van der Waals surface area contributed by atoms with Gasteiger partial charge in [-0.2, -0.15) is 4.99 Å². The van der Waals surface area contributed by atoms with Crippen molar-refractivity contribution in [2.75, 3.05) is 5.32 Å². The van der Waals surface area contributed by atoms with Crippen LogP contribution in [0.15, 0.2) is 52.4 Å². The standard InChI is InChI=1S/C17H20N6O/c1-10-6-11(2)8-14(7-10)21-15(24)12-4-3-5-13(9-12)22-17(20)23-16(18)19/h3-9H,1-2H3,(H,21,24)(H6,18,19,20,22,23). The first-order valence-electron chi connectivity index (χ1n) is 7.27. The molecule has 0 heterocycles. The molecule has 0 fully saturated rings. The summed E-state index contributed by atoms with van der Waals surface area (Å²) in [6, 6.07) is 12.5. The molecule has 0 unspecified atom stereocenters. The summed E-state index contributed by atoms with van der Waals surface area (Å²) in [7, 11) is 0. The number of aryl methyl sites for hydroxylation is 2. The van der Waals surface area contributed by atoms with Gasteiger partial charge in [-0.15, -0.1) is 0 Å². The number of hydrogen-bond acceptors (Lipinski definition) is 2. The Morgan fingerprint density at radius 2 is 1.67 bits per heavy atom. The number of hydrogen-bond donors (Lipinski definition) is 4. The fourth-order valence-electron chi connectivity index (χ4n) is 2.26. The lowest BCUT2D eigenvalue weighted by molar-refractivity contribution is 0.102. The maximum absolute atomic E-state index is 12.4. The van der Waals surface area contributed by atoms with Gasteiger partial charge in [0.1, 0.15) is 0 Å². The van der Waals surface area contributed by atoms with Crippen molar-refractivity contribution in [2.45, 2.75) is 13.8 Å². The van der Waals surface area contributed by atoms with E-state index < -0.39 is 0 Å². The van der Waals surface area contributed by atoms with Crippen molar-refractivity contribution >= 4 is 29.2 Å². The van der Waals surface area contributed by atoms with Crippen molar-refractivity contribution < 1.29 is 4.79 Å². The molecule has 2 aromatic carbocycles. The monoisotopic (exact) mass is 324 g/mol. The SMILES string of the molecule is Cc1cc(C)cc(NC(=O)c2cccc(N=C(N)N=C(N)N)c2)c1. The zero-order valence-corrected chi connectivity index (χ0v) is 13.6. The maximum Gasteiger partial charge on any atom is 0.255 e. The van der Waals surface area contributed by atoms with Crippen molar-refractivity contribution in [1.29, 1.82) is 0 Å². The zero-order valence-electron chi connectivity index (χ0n) is 13.6. The third-order valence-corrected chi connectivity index (χ3v) is 3.08. The van der Waals surface area contributed by atoms with Gasteiger partial charge in [-0.25, -0.2) is 4.99 Å². The molecule has 1 amide bonds. The Morgan fingerprint density at radius 3 is 2.29 bits per heavy atom. The second-order valence-corrected chi connectivity index (χ2v) is 5.39. The summed E-state index contributed by atoms with van der Waals surface area (Å²) in [5.41, 5.74) is 19.9. The first-order chi connectivity index (χ1) is 11.3. The highest BCUT2D eigenvalue weighted by Gasteiger charge is 2.07. The average molecular weight is 324 g/mol. The number of nitrogens with one attached hydrogen (secondary N) is 1. The number of nitrogens with zero attached hydrogens (tertiary/aromatic N) is 2. The topological polar surface area (TPSA) is 132 Å². The third-order valence-electron chi connectivity index (χ3n) is 3.08. The molecule has 0 aliphatic rings. The quantitative estimate of drug-likeness (QED) is 0.506. The molecule has 0 bridgehead atoms. The molecular formula is C17H20N6O. The second kappa shape index (κ2) is 7.28. The molecule has 7 N–H and O–H groups in total. The normalized spacial score (nSPS) is 11.0. The number of carbonyl (C=O) groups is 1. The molecule has 0 aliphatic carbocycles. The number of nitrogens with two attached hydrogens (primary N) is 3. The van der Waals surface area contributed by atoms with Crippen LogP contribution in [0.3, 0.4) is 0 Å². The van der Waals surface area contributed by atoms with Gasteiger partial charge in [0.25, 0.3) is 5.91 Å². The second-order valence-electron chi connectivity index (χ2n) is 5.39. The fourth-order valence-corrected chi connectivity index (χ4v) is 2.26. The number of anilines is 1. The Hall–Kier alpha value is -3.35. The Morgan fingerprint density at radius 1 is 1.00 bits per heavy atom. The summed E-state index contributed by atoms with van der Waals surface area (Å²) in [5, 5.41) is 2.87. The van der Waals surface area contributed by atoms with Gasteiger partial charge in [-0.1, -0.05) is 12.1 Å². The number of aliphatic imine (C=N–C) groups is 2. The van der Waals surface area contributed by atoms with Crippen LogP contribution in [-0.4, -0.2) is 17.8 Å². The summed E-state index contributed by atoms with van der Waals surface area (Å²) in [4.78, 5) is 20.1. The third kappa shape index (κ3) is 4.84. The van der Waals surface area contributed by atoms with Crippen LogP contribution in [0, 0.1) is 13.8 Å². The average Bonchev–Trinajstić information content (AvgIpc) is 2.45. The summed E-state index contributed by atoms with van der Waals surface area (Å²) < 4.78 is 0. The summed E-state index contributed by atoms with van der Waals surface area (Å²) >= 11 is 0. The Labute approximate surface area is 140 Å². The predicted octanol–water partition coefficient (Wildman–Crippen LogP) is 1.78. The minimum absolute atomic E-state index is 0.0816. The highest BCUT2D eigenvalue weighted by molar-refractivity contribution is 6.05. The zero-order chi connectivity index (χ0) is 17.7. The molecule has 7 heteroatoms. The van der Waals surface area contributed by atoms with Crippen molar-refractivity contribution in [2.24, 2.45) is 27.2 Å². The van der Waals surface area contributed by atoms with Gasteiger partial charge >= 0.3 is 0 Å². The van der Waals surface area contributed by atoms with E-state index in [-0.39, 0.29) is 17.8 Å². The van der Waals surface area contributed by atoms with Crippen LogP contribution in [0.1, 0.15) is 21.5 Å². The molecule has 2 rings (SSSR count). The summed E-state index contributed by atoms with van der Waals surface area (Å²) in [5.74, 6) is -0.501. The van der Waals surface area contributed by atoms with Crippen LogP contribution in [0.2, 0.25) is 0 Å². The Kier molecular flexibility index (Phi) is 5.16. The first kappa shape index (κ1) is 17.0. The fraction of sp³-hybridized carbons (Fsp3) is 0.118. The van der Waals surface area contributed by atoms with Gasteiger partial charge < -0.3 is 22.5 Å². The minimum atomic E-state index is -0.238. The molecule has 124 valence electrons. The largest absolute Gasteiger partial charge is 0.370 e. The number of guanidine groups is 2. The van der Waals surface area contributed by atoms with E-state index in [0.717, 1.165) is 16.8 Å². The molecule has 0 spiro atoms. The molecule has 7 nitrogen and oxygen atoms in total. The van der Waals surface area contributed by atoms with E-state index in [1.54, 1.807) is 24.3 Å². The van der Waals surface area contributed by atoms with Gasteiger partial charge in [0.05, 0.1) is 5.69 Å². The van der Waals surface area contributed by atoms with Crippen LogP contribution in [0.4, 0.5) is 11.4 Å². The van der Waals surface area contributed by atoms with Crippen LogP contribution < -0.4 is 22.5 Å². The van der Waals surface area contributed by atoms with Gasteiger partial charge in [0.15, 0.2) is 5.96 Å². The van der Waals surface area contributed by atoms with Crippen LogP contribution in [-0.2, 0) is 0 Å². The van der Waals surface area contributed by atoms with Crippen molar-refractivity contribution in [3.8, 4) is 0 Å². The molecule has 0 aromatic heterocycles. The number of amides is 1. The molecule has 0 atom stereocenters. The van der Waals surface area contributed by atoms with E-state index in [2.05, 4.69) is 15.3 Å². The van der Waals surface area contributed by atoms with E-state index in [1.165, 1.54) is 0 Å². The number of benzene rings is 2. The van der Waals surface area contributed by atoms with E-state index in [1.807, 2.05) is 32.0 Å². The van der Waals surface area contributed by atoms with Crippen LogP contribution >= 0.6 is 0 Å². The lowest BCUT2D eigenvalue weighted by atomic mass is 10.1. The molecule has 0 saturated carbocycles. The van der Waals surface area contributed by atoms with Crippen molar-refractivity contribution in [3.05, 3.63) is 59.2 Å². The van der Waals surface area contributed by atoms with Gasteiger partial charge in [-0.05, 0) is 55.3 Å². The van der Waals surface area contributed by atoms with E-state index >= 15 is 0 Å². The summed E-state index contributed by atoms with van der Waals surface area (Å²) in [6.07, 6.45) is 0. The number of rotatable bonds is 3. The lowest BCUT2D eigenvalue weighted by Crippen LogP contribution is -2.26. The van der Waals surface area contributed by atoms with E-state index in [0.29, 0.717) is 11.3 Å². The minimum Gasteiger partial charge on any atom is -0.370 e. The van der Waals surface area contributed by atoms with Crippen molar-refractivity contribution in [1.82, 2.24) is 0 Å². The highest BCUT2D eigenvalue weighted by atomic mass is 16.1. The van der Waals surface area contributed by atoms with Crippen molar-refractivity contribution in [3.63, 3.8) is 0 Å². The Bertz CT molecular complexity index is 801. The molecule has 0 radical (unpaired) electrons. The molecule has 0 aliphatic heterocycles. The lowest BCUT2D eigenvalue weighted by Gasteiger charge is -2.08. The van der Waals surface area contributed by atoms with E-state index in [9.17, 15) is 4.79 Å². The smallest absolute Gasteiger partial charge is 0.255 e. The first-order valence-corrected chi connectivity index (χ1v) is 7.27. The summed E-state index contributed by atoms with van der Waals surface area (Å²) in [6.45, 7) is 3.95. The van der Waals surface area contributed by atoms with Crippen LogP contribution in [0.25, 0.3) is 0 Å². The maximum atomic E-state index is 12.4. The van der Waals surface area contributed by atoms with Gasteiger partial charge in [0, 0.05) is 11.3 Å². The molecule has 2 aromatic rings. The predicted molar refractivity (Wildman–Crippen MR) is 97.4 cm³/mol. The molecular weight excluding hydrogens is 304 g/mol. The molecule has 0 saturated heterocycles. The number of carbonyl (C=O) groups excluding carboxylic acids is 1. The van der Waals surface area contributed by atoms with Gasteiger partial charge in [-0.3, -0.25) is 4.79 Å². The molecule has 24 heavy (non-hydrogen) atoms.